The fraction of sp³-hybridized carbons (Fsp3) is 0.312. The van der Waals surface area contributed by atoms with Crippen LogP contribution in [0, 0.1) is 0 Å². The van der Waals surface area contributed by atoms with Crippen LogP contribution in [0.5, 0.6) is 5.75 Å². The molecular formula is C16H18N2O2S. The molecule has 1 aromatic carbocycles. The number of nitrogens with zero attached hydrogens (tertiary/aromatic N) is 2. The fourth-order valence-corrected chi connectivity index (χ4v) is 3.54. The standard InChI is InChI=1S/C16H18N2O2S/c1-3-8-18-15(13(20-2)9-17-18)16(19)12-10-21-14-7-5-4-6-11(12)14/h4-7,9-10,16,19H,3,8H2,1-2H3. The van der Waals surface area contributed by atoms with E-state index in [9.17, 15) is 5.11 Å². The number of fused-ring (bicyclic) bond motifs is 1. The van der Waals surface area contributed by atoms with E-state index in [1.165, 1.54) is 4.70 Å². The van der Waals surface area contributed by atoms with Crippen molar-refractivity contribution < 1.29 is 9.84 Å². The Morgan fingerprint density at radius 1 is 1.38 bits per heavy atom. The van der Waals surface area contributed by atoms with Gasteiger partial charge in [-0.3, -0.25) is 4.68 Å². The smallest absolute Gasteiger partial charge is 0.163 e. The molecule has 1 atom stereocenters. The first kappa shape index (κ1) is 14.1. The number of ether oxygens (including phenoxy) is 1. The van der Waals surface area contributed by atoms with Gasteiger partial charge in [-0.25, -0.2) is 0 Å². The minimum absolute atomic E-state index is 0.631. The summed E-state index contributed by atoms with van der Waals surface area (Å²) in [6, 6.07) is 8.11. The van der Waals surface area contributed by atoms with Gasteiger partial charge in [0.15, 0.2) is 5.75 Å². The number of aliphatic hydroxyl groups excluding tert-OH is 1. The monoisotopic (exact) mass is 302 g/mol. The summed E-state index contributed by atoms with van der Waals surface area (Å²) < 4.78 is 8.37. The summed E-state index contributed by atoms with van der Waals surface area (Å²) in [6.45, 7) is 2.85. The number of aryl methyl sites for hydroxylation is 1. The molecule has 0 bridgehead atoms. The van der Waals surface area contributed by atoms with Gasteiger partial charge in [0.1, 0.15) is 11.8 Å². The number of hydrogen-bond acceptors (Lipinski definition) is 4. The van der Waals surface area contributed by atoms with E-state index < -0.39 is 6.10 Å². The van der Waals surface area contributed by atoms with Crippen molar-refractivity contribution in [3.63, 3.8) is 0 Å². The molecule has 2 heterocycles. The maximum absolute atomic E-state index is 10.9. The summed E-state index contributed by atoms with van der Waals surface area (Å²) >= 11 is 1.64. The Bertz CT molecular complexity index is 748. The number of benzene rings is 1. The average molecular weight is 302 g/mol. The van der Waals surface area contributed by atoms with Gasteiger partial charge in [0.05, 0.1) is 13.3 Å². The zero-order chi connectivity index (χ0) is 14.8. The van der Waals surface area contributed by atoms with E-state index in [1.807, 2.05) is 28.3 Å². The maximum Gasteiger partial charge on any atom is 0.163 e. The average Bonchev–Trinajstić information content (AvgIpc) is 3.10. The zero-order valence-electron chi connectivity index (χ0n) is 12.1. The van der Waals surface area contributed by atoms with E-state index >= 15 is 0 Å². The van der Waals surface area contributed by atoms with Crippen LogP contribution in [0.3, 0.4) is 0 Å². The first-order valence-electron chi connectivity index (χ1n) is 7.00. The predicted octanol–water partition coefficient (Wildman–Crippen LogP) is 3.60. The molecule has 0 aliphatic rings. The second-order valence-corrected chi connectivity index (χ2v) is 5.82. The van der Waals surface area contributed by atoms with E-state index in [0.717, 1.165) is 29.6 Å². The van der Waals surface area contributed by atoms with Gasteiger partial charge < -0.3 is 9.84 Å². The predicted molar refractivity (Wildman–Crippen MR) is 85.0 cm³/mol. The van der Waals surface area contributed by atoms with Crippen molar-refractivity contribution in [2.45, 2.75) is 26.0 Å². The first-order valence-corrected chi connectivity index (χ1v) is 7.88. The lowest BCUT2D eigenvalue weighted by atomic mass is 10.0. The molecule has 0 aliphatic carbocycles. The van der Waals surface area contributed by atoms with Crippen molar-refractivity contribution >= 4 is 21.4 Å². The summed E-state index contributed by atoms with van der Waals surface area (Å²) in [6.07, 6.45) is 1.89. The van der Waals surface area contributed by atoms with Crippen LogP contribution in [0.15, 0.2) is 35.8 Å². The summed E-state index contributed by atoms with van der Waals surface area (Å²) in [5.74, 6) is 0.631. The van der Waals surface area contributed by atoms with Gasteiger partial charge in [-0.15, -0.1) is 11.3 Å². The molecule has 21 heavy (non-hydrogen) atoms. The van der Waals surface area contributed by atoms with Gasteiger partial charge in [-0.1, -0.05) is 25.1 Å². The molecule has 0 amide bonds. The summed E-state index contributed by atoms with van der Waals surface area (Å²) in [5.41, 5.74) is 1.63. The van der Waals surface area contributed by atoms with Gasteiger partial charge in [-0.2, -0.15) is 5.10 Å². The van der Waals surface area contributed by atoms with Crippen LogP contribution in [-0.2, 0) is 6.54 Å². The molecule has 4 nitrogen and oxygen atoms in total. The summed E-state index contributed by atoms with van der Waals surface area (Å²) in [5, 5.41) is 18.3. The van der Waals surface area contributed by atoms with E-state index in [1.54, 1.807) is 24.6 Å². The van der Waals surface area contributed by atoms with Crippen molar-refractivity contribution in [2.24, 2.45) is 0 Å². The Labute approximate surface area is 127 Å². The second-order valence-electron chi connectivity index (χ2n) is 4.91. The van der Waals surface area contributed by atoms with Crippen LogP contribution in [0.25, 0.3) is 10.1 Å². The summed E-state index contributed by atoms with van der Waals surface area (Å²) in [7, 11) is 1.61. The Morgan fingerprint density at radius 2 is 2.19 bits per heavy atom. The zero-order valence-corrected chi connectivity index (χ0v) is 12.9. The van der Waals surface area contributed by atoms with Crippen LogP contribution in [0.2, 0.25) is 0 Å². The van der Waals surface area contributed by atoms with Crippen LogP contribution in [-0.4, -0.2) is 22.0 Å². The molecule has 3 rings (SSSR count). The van der Waals surface area contributed by atoms with Crippen molar-refractivity contribution in [1.29, 1.82) is 0 Å². The Kier molecular flexibility index (Phi) is 3.94. The van der Waals surface area contributed by atoms with Crippen LogP contribution < -0.4 is 4.74 Å². The highest BCUT2D eigenvalue weighted by atomic mass is 32.1. The van der Waals surface area contributed by atoms with Gasteiger partial charge in [-0.05, 0) is 23.3 Å². The number of methoxy groups -OCH3 is 1. The highest BCUT2D eigenvalue weighted by Gasteiger charge is 2.23. The lowest BCUT2D eigenvalue weighted by Gasteiger charge is -2.14. The molecule has 0 saturated carbocycles. The molecule has 0 spiro atoms. The quantitative estimate of drug-likeness (QED) is 0.783. The normalized spacial score (nSPS) is 12.7. The SMILES string of the molecule is CCCn1ncc(OC)c1C(O)c1csc2ccccc12. The van der Waals surface area contributed by atoms with Gasteiger partial charge in [0, 0.05) is 16.8 Å². The van der Waals surface area contributed by atoms with E-state index in [4.69, 9.17) is 4.74 Å². The van der Waals surface area contributed by atoms with Crippen molar-refractivity contribution in [3.8, 4) is 5.75 Å². The molecule has 2 aromatic heterocycles. The Balaban J connectivity index is 2.09. The molecule has 5 heteroatoms. The highest BCUT2D eigenvalue weighted by Crippen LogP contribution is 2.36. The largest absolute Gasteiger partial charge is 0.493 e. The molecule has 1 unspecified atom stereocenters. The first-order chi connectivity index (χ1) is 10.3. The van der Waals surface area contributed by atoms with E-state index in [0.29, 0.717) is 5.75 Å². The Morgan fingerprint density at radius 3 is 2.95 bits per heavy atom. The number of thiophene rings is 1. The highest BCUT2D eigenvalue weighted by molar-refractivity contribution is 7.17. The molecular weight excluding hydrogens is 284 g/mol. The molecule has 110 valence electrons. The Hall–Kier alpha value is -1.85. The molecule has 0 saturated heterocycles. The van der Waals surface area contributed by atoms with Gasteiger partial charge in [0.25, 0.3) is 0 Å². The van der Waals surface area contributed by atoms with Crippen molar-refractivity contribution in [2.75, 3.05) is 7.11 Å². The van der Waals surface area contributed by atoms with Crippen molar-refractivity contribution in [1.82, 2.24) is 9.78 Å². The third-order valence-corrected chi connectivity index (χ3v) is 4.55. The second kappa shape index (κ2) is 5.87. The van der Waals surface area contributed by atoms with Crippen LogP contribution in [0.1, 0.15) is 30.7 Å². The van der Waals surface area contributed by atoms with E-state index in [2.05, 4.69) is 18.1 Å². The number of rotatable bonds is 5. The lowest BCUT2D eigenvalue weighted by molar-refractivity contribution is 0.204. The van der Waals surface area contributed by atoms with Crippen LogP contribution in [0.4, 0.5) is 0 Å². The number of hydrogen-bond donors (Lipinski definition) is 1. The number of aliphatic hydroxyl groups is 1. The number of aromatic nitrogens is 2. The van der Waals surface area contributed by atoms with Crippen molar-refractivity contribution in [3.05, 3.63) is 47.1 Å². The molecule has 0 aliphatic heterocycles. The maximum atomic E-state index is 10.9. The topological polar surface area (TPSA) is 47.3 Å². The summed E-state index contributed by atoms with van der Waals surface area (Å²) in [4.78, 5) is 0. The molecule has 3 aromatic rings. The van der Waals surface area contributed by atoms with Gasteiger partial charge in [0.2, 0.25) is 0 Å². The fourth-order valence-electron chi connectivity index (χ4n) is 2.56. The molecule has 0 fully saturated rings. The molecule has 0 radical (unpaired) electrons. The van der Waals surface area contributed by atoms with E-state index in [-0.39, 0.29) is 0 Å². The third kappa shape index (κ3) is 2.43. The minimum Gasteiger partial charge on any atom is -0.493 e. The van der Waals surface area contributed by atoms with Crippen LogP contribution >= 0.6 is 11.3 Å². The third-order valence-electron chi connectivity index (χ3n) is 3.56. The molecule has 1 N–H and O–H groups in total. The minimum atomic E-state index is -0.731. The van der Waals surface area contributed by atoms with Gasteiger partial charge >= 0.3 is 0 Å². The lowest BCUT2D eigenvalue weighted by Crippen LogP contribution is -2.11.